The van der Waals surface area contributed by atoms with Crippen molar-refractivity contribution in [1.82, 2.24) is 10.7 Å². The molecule has 1 amide bonds. The minimum absolute atomic E-state index is 0. The SMILES string of the molecule is C.CCCCCCCCOCCC(=O)C[C@@H](CCCN=C(N)N[N+](=O)[O-])C(=O)N[C@@H](CC(C)C)B(O)O. The van der Waals surface area contributed by atoms with Gasteiger partial charge >= 0.3 is 7.12 Å². The number of hydrazine groups is 1. The van der Waals surface area contributed by atoms with E-state index in [9.17, 15) is 29.8 Å². The summed E-state index contributed by atoms with van der Waals surface area (Å²) in [7, 11) is -1.72. The second kappa shape index (κ2) is 22.9. The first-order valence-electron chi connectivity index (χ1n) is 13.0. The van der Waals surface area contributed by atoms with Gasteiger partial charge in [-0.25, -0.2) is 15.1 Å². The molecular weight excluding hydrogens is 481 g/mol. The molecule has 0 heterocycles. The van der Waals surface area contributed by atoms with Gasteiger partial charge in [-0.1, -0.05) is 65.7 Å². The van der Waals surface area contributed by atoms with E-state index < -0.39 is 29.9 Å². The molecule has 0 aliphatic rings. The quantitative estimate of drug-likeness (QED) is 0.0349. The van der Waals surface area contributed by atoms with Gasteiger partial charge in [-0.2, -0.15) is 0 Å². The first-order chi connectivity index (χ1) is 17.1. The molecule has 37 heavy (non-hydrogen) atoms. The average molecular weight is 532 g/mol. The lowest BCUT2D eigenvalue weighted by Crippen LogP contribution is -2.49. The number of hydrogen-bond donors (Lipinski definition) is 5. The second-order valence-corrected chi connectivity index (χ2v) is 9.51. The molecular formula is C24H50BN5O7. The molecule has 12 nitrogen and oxygen atoms in total. The number of nitro groups is 1. The zero-order chi connectivity index (χ0) is 27.3. The maximum absolute atomic E-state index is 12.9. The highest BCUT2D eigenvalue weighted by molar-refractivity contribution is 6.43. The normalized spacial score (nSPS) is 13.0. The smallest absolute Gasteiger partial charge is 0.426 e. The number of aliphatic imine (C=N–C) groups is 1. The molecule has 0 aromatic heterocycles. The summed E-state index contributed by atoms with van der Waals surface area (Å²) in [6, 6.07) is 0. The molecule has 0 aliphatic carbocycles. The van der Waals surface area contributed by atoms with Crippen LogP contribution in [0.2, 0.25) is 0 Å². The maximum Gasteiger partial charge on any atom is 0.475 e. The number of nitrogens with one attached hydrogen (secondary N) is 2. The number of ketones is 1. The lowest BCUT2D eigenvalue weighted by molar-refractivity contribution is -0.525. The van der Waals surface area contributed by atoms with Crippen molar-refractivity contribution >= 4 is 24.8 Å². The van der Waals surface area contributed by atoms with Gasteiger partial charge in [0.1, 0.15) is 5.78 Å². The molecule has 0 aromatic carbocycles. The number of carbonyl (C=O) groups excluding carboxylic acids is 2. The minimum atomic E-state index is -1.72. The van der Waals surface area contributed by atoms with E-state index in [0.29, 0.717) is 26.1 Å². The molecule has 216 valence electrons. The van der Waals surface area contributed by atoms with Crippen molar-refractivity contribution in [2.24, 2.45) is 22.6 Å². The monoisotopic (exact) mass is 531 g/mol. The Morgan fingerprint density at radius 3 is 2.35 bits per heavy atom. The zero-order valence-electron chi connectivity index (χ0n) is 22.1. The van der Waals surface area contributed by atoms with Crippen molar-refractivity contribution in [2.45, 2.75) is 105 Å². The lowest BCUT2D eigenvalue weighted by atomic mass is 9.74. The highest BCUT2D eigenvalue weighted by Crippen LogP contribution is 2.16. The number of carbonyl (C=O) groups is 2. The number of rotatable bonds is 22. The first kappa shape index (κ1) is 36.9. The van der Waals surface area contributed by atoms with E-state index in [-0.39, 0.29) is 50.9 Å². The fourth-order valence-corrected chi connectivity index (χ4v) is 3.70. The summed E-state index contributed by atoms with van der Waals surface area (Å²) < 4.78 is 5.57. The van der Waals surface area contributed by atoms with E-state index in [1.165, 1.54) is 25.7 Å². The number of amides is 1. The number of ether oxygens (including phenoxy) is 1. The Balaban J connectivity index is 0. The molecule has 6 N–H and O–H groups in total. The van der Waals surface area contributed by atoms with E-state index in [1.807, 2.05) is 13.8 Å². The largest absolute Gasteiger partial charge is 0.475 e. The molecule has 0 radical (unpaired) electrons. The molecule has 0 aromatic rings. The van der Waals surface area contributed by atoms with Crippen molar-refractivity contribution in [1.29, 1.82) is 0 Å². The summed E-state index contributed by atoms with van der Waals surface area (Å²) in [5.41, 5.74) is 7.13. The van der Waals surface area contributed by atoms with Crippen molar-refractivity contribution < 1.29 is 29.4 Å². The van der Waals surface area contributed by atoms with Crippen molar-refractivity contribution in [2.75, 3.05) is 19.8 Å². The van der Waals surface area contributed by atoms with Crippen LogP contribution in [0.4, 0.5) is 0 Å². The van der Waals surface area contributed by atoms with E-state index in [0.717, 1.165) is 12.8 Å². The Labute approximate surface area is 222 Å². The van der Waals surface area contributed by atoms with Gasteiger partial charge in [0, 0.05) is 31.9 Å². The molecule has 0 rings (SSSR count). The third kappa shape index (κ3) is 21.5. The summed E-state index contributed by atoms with van der Waals surface area (Å²) >= 11 is 0. The Morgan fingerprint density at radius 1 is 1.11 bits per heavy atom. The predicted octanol–water partition coefficient (Wildman–Crippen LogP) is 2.38. The maximum atomic E-state index is 12.9. The fourth-order valence-electron chi connectivity index (χ4n) is 3.70. The molecule has 0 unspecified atom stereocenters. The third-order valence-electron chi connectivity index (χ3n) is 5.62. The third-order valence-corrected chi connectivity index (χ3v) is 5.62. The van der Waals surface area contributed by atoms with Gasteiger partial charge in [0.2, 0.25) is 5.91 Å². The molecule has 13 heteroatoms. The van der Waals surface area contributed by atoms with E-state index >= 15 is 0 Å². The van der Waals surface area contributed by atoms with Crippen LogP contribution in [-0.4, -0.2) is 65.5 Å². The van der Waals surface area contributed by atoms with Crippen LogP contribution < -0.4 is 16.5 Å². The zero-order valence-corrected chi connectivity index (χ0v) is 22.1. The Morgan fingerprint density at radius 2 is 1.76 bits per heavy atom. The molecule has 0 aliphatic heterocycles. The van der Waals surface area contributed by atoms with E-state index in [2.05, 4.69) is 17.2 Å². The van der Waals surface area contributed by atoms with Gasteiger partial charge in [0.05, 0.1) is 12.5 Å². The number of nitrogens with two attached hydrogens (primary N) is 1. The average Bonchev–Trinajstić information content (AvgIpc) is 2.78. The molecule has 0 saturated heterocycles. The number of guanidine groups is 1. The van der Waals surface area contributed by atoms with Gasteiger partial charge in [0.25, 0.3) is 5.96 Å². The van der Waals surface area contributed by atoms with E-state index in [1.54, 1.807) is 5.43 Å². The fraction of sp³-hybridized carbons (Fsp3) is 0.875. The summed E-state index contributed by atoms with van der Waals surface area (Å²) in [5.74, 6) is -2.36. The second-order valence-electron chi connectivity index (χ2n) is 9.51. The highest BCUT2D eigenvalue weighted by Gasteiger charge is 2.29. The minimum Gasteiger partial charge on any atom is -0.426 e. The number of Topliss-reactive ketones (excluding diaryl/α,β-unsaturated/α-hetero) is 1. The van der Waals surface area contributed by atoms with Crippen LogP contribution in [0, 0.1) is 22.0 Å². The first-order valence-corrected chi connectivity index (χ1v) is 13.0. The summed E-state index contributed by atoms with van der Waals surface area (Å²) in [4.78, 5) is 39.6. The highest BCUT2D eigenvalue weighted by atomic mass is 16.7. The van der Waals surface area contributed by atoms with Crippen LogP contribution in [0.15, 0.2) is 4.99 Å². The molecule has 0 spiro atoms. The Kier molecular flexibility index (Phi) is 22.9. The van der Waals surface area contributed by atoms with Gasteiger partial charge < -0.3 is 25.8 Å². The number of hydrogen-bond acceptors (Lipinski definition) is 8. The molecule has 0 saturated carbocycles. The van der Waals surface area contributed by atoms with Crippen LogP contribution in [0.25, 0.3) is 0 Å². The van der Waals surface area contributed by atoms with Crippen molar-refractivity contribution in [3.8, 4) is 0 Å². The van der Waals surface area contributed by atoms with Crippen LogP contribution in [0.3, 0.4) is 0 Å². The van der Waals surface area contributed by atoms with Crippen molar-refractivity contribution in [3.05, 3.63) is 10.1 Å². The van der Waals surface area contributed by atoms with Gasteiger partial charge in [-0.15, -0.1) is 0 Å². The Bertz CT molecular complexity index is 665. The molecule has 0 fully saturated rings. The van der Waals surface area contributed by atoms with Gasteiger partial charge in [-0.05, 0) is 31.6 Å². The van der Waals surface area contributed by atoms with Crippen LogP contribution in [0.5, 0.6) is 0 Å². The van der Waals surface area contributed by atoms with Crippen LogP contribution >= 0.6 is 0 Å². The lowest BCUT2D eigenvalue weighted by Gasteiger charge is -2.23. The van der Waals surface area contributed by atoms with Gasteiger partial charge in [0.15, 0.2) is 5.03 Å². The topological polar surface area (TPSA) is 189 Å². The predicted molar refractivity (Wildman–Crippen MR) is 146 cm³/mol. The Hall–Kier alpha value is -2.25. The summed E-state index contributed by atoms with van der Waals surface area (Å²) in [5, 5.41) is 31.5. The number of nitrogens with zero attached hydrogens (tertiary/aromatic N) is 2. The van der Waals surface area contributed by atoms with Crippen LogP contribution in [-0.2, 0) is 14.3 Å². The van der Waals surface area contributed by atoms with E-state index in [4.69, 9.17) is 10.5 Å². The van der Waals surface area contributed by atoms with Crippen LogP contribution in [0.1, 0.15) is 98.8 Å². The standard InChI is InChI=1S/C23H46BN5O7.CH4/c1-4-5-6-7-8-9-14-36-15-12-20(30)17-19(11-10-13-26-23(25)28-29(34)35)22(31)27-21(24(32)33)16-18(2)3;/h18-19,21,32-33H,4-17H2,1-3H3,(H,27,31)(H3,25,26,28);1H4/t19-,21+;/m1./s1. The summed E-state index contributed by atoms with van der Waals surface area (Å²) in [6.07, 6.45) is 8.10. The number of unbranched alkanes of at least 4 members (excludes halogenated alkanes) is 5. The molecule has 0 bridgehead atoms. The van der Waals surface area contributed by atoms with Gasteiger partial charge in [-0.3, -0.25) is 9.59 Å². The summed E-state index contributed by atoms with van der Waals surface area (Å²) in [6.45, 7) is 7.00. The van der Waals surface area contributed by atoms with Crippen molar-refractivity contribution in [3.63, 3.8) is 0 Å². The molecule has 2 atom stereocenters.